The van der Waals surface area contributed by atoms with E-state index < -0.39 is 5.60 Å². The SMILES string of the molecule is C[C@](O)(C#N)C1CCCCC1. The Balaban J connectivity index is 2.52. The molecule has 62 valence electrons. The summed E-state index contributed by atoms with van der Waals surface area (Å²) in [5.74, 6) is 0.209. The number of hydrogen-bond acceptors (Lipinski definition) is 2. The minimum Gasteiger partial charge on any atom is -0.375 e. The van der Waals surface area contributed by atoms with Gasteiger partial charge in [-0.15, -0.1) is 0 Å². The van der Waals surface area contributed by atoms with Gasteiger partial charge in [-0.2, -0.15) is 5.26 Å². The molecule has 1 aliphatic carbocycles. The van der Waals surface area contributed by atoms with Gasteiger partial charge in [0.15, 0.2) is 5.60 Å². The molecule has 0 radical (unpaired) electrons. The fraction of sp³-hybridized carbons (Fsp3) is 0.889. The highest BCUT2D eigenvalue weighted by atomic mass is 16.3. The van der Waals surface area contributed by atoms with Gasteiger partial charge in [-0.3, -0.25) is 0 Å². The quantitative estimate of drug-likeness (QED) is 0.584. The molecular weight excluding hydrogens is 138 g/mol. The molecule has 0 aliphatic heterocycles. The maximum Gasteiger partial charge on any atom is 0.151 e. The third-order valence-corrected chi connectivity index (χ3v) is 2.63. The lowest BCUT2D eigenvalue weighted by atomic mass is 9.79. The summed E-state index contributed by atoms with van der Waals surface area (Å²) in [6, 6.07) is 1.97. The van der Waals surface area contributed by atoms with Gasteiger partial charge in [0.1, 0.15) is 0 Å². The van der Waals surface area contributed by atoms with Crippen molar-refractivity contribution in [3.05, 3.63) is 0 Å². The largest absolute Gasteiger partial charge is 0.375 e. The van der Waals surface area contributed by atoms with Crippen LogP contribution in [-0.4, -0.2) is 10.7 Å². The van der Waals surface area contributed by atoms with Gasteiger partial charge in [-0.25, -0.2) is 0 Å². The molecule has 0 heterocycles. The summed E-state index contributed by atoms with van der Waals surface area (Å²) in [6.45, 7) is 1.63. The number of nitriles is 1. The summed E-state index contributed by atoms with van der Waals surface area (Å²) in [5.41, 5.74) is -1.08. The van der Waals surface area contributed by atoms with Crippen molar-refractivity contribution in [2.75, 3.05) is 0 Å². The third kappa shape index (κ3) is 1.94. The number of rotatable bonds is 1. The minimum absolute atomic E-state index is 0.209. The summed E-state index contributed by atoms with van der Waals surface area (Å²) < 4.78 is 0. The molecule has 1 aliphatic rings. The van der Waals surface area contributed by atoms with Crippen molar-refractivity contribution in [1.82, 2.24) is 0 Å². The van der Waals surface area contributed by atoms with Crippen LogP contribution in [0.25, 0.3) is 0 Å². The Hall–Kier alpha value is -0.550. The third-order valence-electron chi connectivity index (χ3n) is 2.63. The predicted octanol–water partition coefficient (Wildman–Crippen LogP) is 1.84. The van der Waals surface area contributed by atoms with Crippen LogP contribution in [-0.2, 0) is 0 Å². The highest BCUT2D eigenvalue weighted by Crippen LogP contribution is 2.31. The Morgan fingerprint density at radius 1 is 1.36 bits per heavy atom. The molecule has 1 fully saturated rings. The lowest BCUT2D eigenvalue weighted by Crippen LogP contribution is -2.34. The van der Waals surface area contributed by atoms with Gasteiger partial charge in [0.2, 0.25) is 0 Å². The molecule has 0 aromatic heterocycles. The second-order valence-corrected chi connectivity index (χ2v) is 3.59. The minimum atomic E-state index is -1.08. The van der Waals surface area contributed by atoms with Crippen molar-refractivity contribution in [2.24, 2.45) is 5.92 Å². The van der Waals surface area contributed by atoms with Crippen LogP contribution in [0.1, 0.15) is 39.0 Å². The first-order valence-corrected chi connectivity index (χ1v) is 4.30. The first-order valence-electron chi connectivity index (χ1n) is 4.30. The van der Waals surface area contributed by atoms with E-state index in [4.69, 9.17) is 5.26 Å². The van der Waals surface area contributed by atoms with Gasteiger partial charge in [-0.1, -0.05) is 19.3 Å². The zero-order valence-corrected chi connectivity index (χ0v) is 7.01. The average Bonchev–Trinajstić information content (AvgIpc) is 2.06. The molecule has 1 N–H and O–H groups in total. The van der Waals surface area contributed by atoms with Crippen molar-refractivity contribution >= 4 is 0 Å². The van der Waals surface area contributed by atoms with Gasteiger partial charge in [0, 0.05) is 5.92 Å². The summed E-state index contributed by atoms with van der Waals surface area (Å²) >= 11 is 0. The number of hydrogen-bond donors (Lipinski definition) is 1. The second-order valence-electron chi connectivity index (χ2n) is 3.59. The average molecular weight is 153 g/mol. The van der Waals surface area contributed by atoms with E-state index in [1.165, 1.54) is 19.3 Å². The van der Waals surface area contributed by atoms with Crippen LogP contribution in [0.4, 0.5) is 0 Å². The topological polar surface area (TPSA) is 44.0 Å². The van der Waals surface area contributed by atoms with E-state index in [1.807, 2.05) is 6.07 Å². The molecule has 0 saturated heterocycles. The highest BCUT2D eigenvalue weighted by Gasteiger charge is 2.32. The highest BCUT2D eigenvalue weighted by molar-refractivity contribution is 5.01. The normalized spacial score (nSPS) is 25.5. The Labute approximate surface area is 67.8 Å². The van der Waals surface area contributed by atoms with Crippen LogP contribution in [0.5, 0.6) is 0 Å². The van der Waals surface area contributed by atoms with Crippen molar-refractivity contribution in [3.8, 4) is 6.07 Å². The molecule has 0 aromatic carbocycles. The van der Waals surface area contributed by atoms with E-state index >= 15 is 0 Å². The Morgan fingerprint density at radius 2 is 1.91 bits per heavy atom. The monoisotopic (exact) mass is 153 g/mol. The standard InChI is InChI=1S/C9H15NO/c1-9(11,7-10)8-5-3-2-4-6-8/h8,11H,2-6H2,1H3/t9-/m0/s1. The molecule has 0 bridgehead atoms. The Morgan fingerprint density at radius 3 is 2.36 bits per heavy atom. The molecule has 0 spiro atoms. The smallest absolute Gasteiger partial charge is 0.151 e. The van der Waals surface area contributed by atoms with Gasteiger partial charge in [0.25, 0.3) is 0 Å². The Bertz CT molecular complexity index is 163. The Kier molecular flexibility index (Phi) is 2.51. The molecule has 1 saturated carbocycles. The van der Waals surface area contributed by atoms with Gasteiger partial charge in [-0.05, 0) is 19.8 Å². The number of aliphatic hydroxyl groups is 1. The maximum absolute atomic E-state index is 9.59. The van der Waals surface area contributed by atoms with Crippen molar-refractivity contribution < 1.29 is 5.11 Å². The van der Waals surface area contributed by atoms with Crippen molar-refractivity contribution in [2.45, 2.75) is 44.6 Å². The van der Waals surface area contributed by atoms with Crippen LogP contribution < -0.4 is 0 Å². The fourth-order valence-corrected chi connectivity index (χ4v) is 1.76. The van der Waals surface area contributed by atoms with Gasteiger partial charge < -0.3 is 5.11 Å². The van der Waals surface area contributed by atoms with E-state index in [2.05, 4.69) is 0 Å². The van der Waals surface area contributed by atoms with E-state index in [1.54, 1.807) is 6.92 Å². The molecule has 11 heavy (non-hydrogen) atoms. The van der Waals surface area contributed by atoms with Gasteiger partial charge >= 0.3 is 0 Å². The molecule has 0 aromatic rings. The van der Waals surface area contributed by atoms with E-state index in [0.29, 0.717) is 0 Å². The summed E-state index contributed by atoms with van der Waals surface area (Å²) in [7, 11) is 0. The van der Waals surface area contributed by atoms with Gasteiger partial charge in [0.05, 0.1) is 6.07 Å². The van der Waals surface area contributed by atoms with Crippen LogP contribution in [0.2, 0.25) is 0 Å². The van der Waals surface area contributed by atoms with E-state index in [0.717, 1.165) is 12.8 Å². The summed E-state index contributed by atoms with van der Waals surface area (Å²) in [6.07, 6.45) is 5.63. The number of nitrogens with zero attached hydrogens (tertiary/aromatic N) is 1. The first kappa shape index (κ1) is 8.55. The molecule has 0 amide bonds. The van der Waals surface area contributed by atoms with Crippen molar-refractivity contribution in [1.29, 1.82) is 5.26 Å². The maximum atomic E-state index is 9.59. The molecule has 2 heteroatoms. The lowest BCUT2D eigenvalue weighted by Gasteiger charge is -2.29. The zero-order chi connectivity index (χ0) is 8.32. The lowest BCUT2D eigenvalue weighted by molar-refractivity contribution is 0.0349. The molecule has 2 nitrogen and oxygen atoms in total. The van der Waals surface area contributed by atoms with Crippen molar-refractivity contribution in [3.63, 3.8) is 0 Å². The summed E-state index contributed by atoms with van der Waals surface area (Å²) in [5, 5.41) is 18.2. The van der Waals surface area contributed by atoms with Crippen LogP contribution in [0, 0.1) is 17.2 Å². The molecular formula is C9H15NO. The van der Waals surface area contributed by atoms with Crippen LogP contribution in [0.15, 0.2) is 0 Å². The summed E-state index contributed by atoms with van der Waals surface area (Å²) in [4.78, 5) is 0. The van der Waals surface area contributed by atoms with E-state index in [9.17, 15) is 5.11 Å². The zero-order valence-electron chi connectivity index (χ0n) is 7.01. The van der Waals surface area contributed by atoms with Crippen LogP contribution >= 0.6 is 0 Å². The molecule has 1 atom stereocenters. The fourth-order valence-electron chi connectivity index (χ4n) is 1.76. The molecule has 0 unspecified atom stereocenters. The second kappa shape index (κ2) is 3.23. The van der Waals surface area contributed by atoms with Crippen LogP contribution in [0.3, 0.4) is 0 Å². The van der Waals surface area contributed by atoms with E-state index in [-0.39, 0.29) is 5.92 Å². The first-order chi connectivity index (χ1) is 5.17. The molecule has 1 rings (SSSR count). The predicted molar refractivity (Wildman–Crippen MR) is 42.8 cm³/mol.